The fraction of sp³-hybridized carbons (Fsp3) is 0.444. The normalized spacial score (nSPS) is 12.8. The molecule has 0 amide bonds. The minimum atomic E-state index is -1.02. The minimum Gasteiger partial charge on any atom is -0.494 e. The summed E-state index contributed by atoms with van der Waals surface area (Å²) in [5.74, 6) is -1.02. The van der Waals surface area contributed by atoms with E-state index < -0.39 is 12.1 Å². The number of carbonyl (C=O) groups is 1. The average Bonchev–Trinajstić information content (AvgIpc) is 2.03. The Morgan fingerprint density at radius 3 is 2.75 bits per heavy atom. The molecule has 0 aliphatic carbocycles. The Morgan fingerprint density at radius 2 is 2.33 bits per heavy atom. The molecule has 68 valence electrons. The third-order valence-corrected chi connectivity index (χ3v) is 1.38. The predicted octanol–water partition coefficient (Wildman–Crippen LogP) is 1.96. The summed E-state index contributed by atoms with van der Waals surface area (Å²) in [4.78, 5) is 10.4. The number of hydrogen-bond donors (Lipinski definition) is 1. The second-order valence-corrected chi connectivity index (χ2v) is 2.39. The number of carboxylic acid groups (broad SMARTS) is 1. The van der Waals surface area contributed by atoms with E-state index in [1.54, 1.807) is 6.92 Å². The van der Waals surface area contributed by atoms with Crippen molar-refractivity contribution in [3.8, 4) is 0 Å². The molecule has 0 heterocycles. The van der Waals surface area contributed by atoms with Crippen LogP contribution in [0.5, 0.6) is 0 Å². The Kier molecular flexibility index (Phi) is 4.84. The van der Waals surface area contributed by atoms with Gasteiger partial charge >= 0.3 is 5.97 Å². The maximum atomic E-state index is 10.4. The van der Waals surface area contributed by atoms with Gasteiger partial charge in [0.2, 0.25) is 0 Å². The molecule has 0 aromatic heterocycles. The lowest BCUT2D eigenvalue weighted by Crippen LogP contribution is -2.14. The molecule has 1 atom stereocenters. The highest BCUT2D eigenvalue weighted by molar-refractivity contribution is 5.86. The zero-order valence-corrected chi connectivity index (χ0v) is 7.41. The first-order valence-corrected chi connectivity index (χ1v) is 3.82. The topological polar surface area (TPSA) is 46.5 Å². The Labute approximate surface area is 72.3 Å². The third-order valence-electron chi connectivity index (χ3n) is 1.38. The quantitative estimate of drug-likeness (QED) is 0.506. The Hall–Kier alpha value is -1.25. The summed E-state index contributed by atoms with van der Waals surface area (Å²) in [7, 11) is 0. The molecule has 3 nitrogen and oxygen atoms in total. The standard InChI is InChI=1S/C9H14O3/c1-4-5-6-12-8(3)7(2)9(10)11/h5-6,8H,2,4H2,1,3H3,(H,10,11). The van der Waals surface area contributed by atoms with Crippen LogP contribution in [0.2, 0.25) is 0 Å². The highest BCUT2D eigenvalue weighted by atomic mass is 16.5. The van der Waals surface area contributed by atoms with Crippen LogP contribution in [0.25, 0.3) is 0 Å². The second kappa shape index (κ2) is 5.41. The van der Waals surface area contributed by atoms with E-state index in [9.17, 15) is 4.79 Å². The van der Waals surface area contributed by atoms with E-state index in [2.05, 4.69) is 6.58 Å². The van der Waals surface area contributed by atoms with Crippen molar-refractivity contribution >= 4 is 5.97 Å². The maximum absolute atomic E-state index is 10.4. The van der Waals surface area contributed by atoms with Crippen molar-refractivity contribution in [2.45, 2.75) is 26.4 Å². The molecule has 1 unspecified atom stereocenters. The van der Waals surface area contributed by atoms with Crippen LogP contribution < -0.4 is 0 Å². The molecule has 0 aliphatic rings. The zero-order valence-electron chi connectivity index (χ0n) is 7.41. The molecule has 0 spiro atoms. The molecule has 12 heavy (non-hydrogen) atoms. The molecular formula is C9H14O3. The van der Waals surface area contributed by atoms with Crippen molar-refractivity contribution in [3.05, 3.63) is 24.5 Å². The Balaban J connectivity index is 3.87. The zero-order chi connectivity index (χ0) is 9.56. The lowest BCUT2D eigenvalue weighted by Gasteiger charge is -2.09. The smallest absolute Gasteiger partial charge is 0.334 e. The fourth-order valence-corrected chi connectivity index (χ4v) is 0.526. The maximum Gasteiger partial charge on any atom is 0.334 e. The first-order chi connectivity index (χ1) is 5.59. The lowest BCUT2D eigenvalue weighted by atomic mass is 10.2. The molecule has 0 saturated carbocycles. The first-order valence-electron chi connectivity index (χ1n) is 3.82. The van der Waals surface area contributed by atoms with Gasteiger partial charge in [-0.1, -0.05) is 19.6 Å². The average molecular weight is 170 g/mol. The monoisotopic (exact) mass is 170 g/mol. The molecule has 0 fully saturated rings. The van der Waals surface area contributed by atoms with Crippen molar-refractivity contribution in [3.63, 3.8) is 0 Å². The molecular weight excluding hydrogens is 156 g/mol. The van der Waals surface area contributed by atoms with Gasteiger partial charge in [-0.25, -0.2) is 4.79 Å². The van der Waals surface area contributed by atoms with Crippen LogP contribution in [0.15, 0.2) is 24.5 Å². The van der Waals surface area contributed by atoms with Gasteiger partial charge in [-0.05, 0) is 13.3 Å². The largest absolute Gasteiger partial charge is 0.494 e. The van der Waals surface area contributed by atoms with Gasteiger partial charge in [0.05, 0.1) is 11.8 Å². The number of hydrogen-bond acceptors (Lipinski definition) is 2. The fourth-order valence-electron chi connectivity index (χ4n) is 0.526. The van der Waals surface area contributed by atoms with Crippen LogP contribution in [-0.4, -0.2) is 17.2 Å². The van der Waals surface area contributed by atoms with Gasteiger partial charge in [-0.2, -0.15) is 0 Å². The van der Waals surface area contributed by atoms with Gasteiger partial charge < -0.3 is 9.84 Å². The Bertz CT molecular complexity index is 194. The molecule has 1 N–H and O–H groups in total. The van der Waals surface area contributed by atoms with E-state index >= 15 is 0 Å². The van der Waals surface area contributed by atoms with Gasteiger partial charge in [0, 0.05) is 0 Å². The highest BCUT2D eigenvalue weighted by Gasteiger charge is 2.12. The second-order valence-electron chi connectivity index (χ2n) is 2.39. The summed E-state index contributed by atoms with van der Waals surface area (Å²) in [5, 5.41) is 8.51. The van der Waals surface area contributed by atoms with Gasteiger partial charge in [-0.3, -0.25) is 0 Å². The molecule has 0 saturated heterocycles. The molecule has 3 heteroatoms. The summed E-state index contributed by atoms with van der Waals surface area (Å²) >= 11 is 0. The number of carboxylic acids is 1. The molecule has 0 bridgehead atoms. The summed E-state index contributed by atoms with van der Waals surface area (Å²) < 4.78 is 5.04. The molecule has 0 radical (unpaired) electrons. The summed E-state index contributed by atoms with van der Waals surface area (Å²) in [6.07, 6.45) is 3.71. The van der Waals surface area contributed by atoms with Gasteiger partial charge in [0.15, 0.2) is 0 Å². The van der Waals surface area contributed by atoms with E-state index in [4.69, 9.17) is 9.84 Å². The SMILES string of the molecule is C=C(C(=O)O)C(C)OC=CCC. The van der Waals surface area contributed by atoms with Gasteiger partial charge in [-0.15, -0.1) is 0 Å². The minimum absolute atomic E-state index is 0.0655. The number of aliphatic carboxylic acids is 1. The van der Waals surface area contributed by atoms with Gasteiger partial charge in [0.1, 0.15) is 6.10 Å². The Morgan fingerprint density at radius 1 is 1.75 bits per heavy atom. The van der Waals surface area contributed by atoms with Crippen LogP contribution in [0.4, 0.5) is 0 Å². The van der Waals surface area contributed by atoms with E-state index in [1.165, 1.54) is 6.26 Å². The molecule has 0 aromatic rings. The van der Waals surface area contributed by atoms with Crippen molar-refractivity contribution in [1.29, 1.82) is 0 Å². The van der Waals surface area contributed by atoms with Crippen molar-refractivity contribution in [2.24, 2.45) is 0 Å². The lowest BCUT2D eigenvalue weighted by molar-refractivity contribution is -0.133. The van der Waals surface area contributed by atoms with Crippen LogP contribution in [0.1, 0.15) is 20.3 Å². The highest BCUT2D eigenvalue weighted by Crippen LogP contribution is 2.04. The van der Waals surface area contributed by atoms with E-state index in [1.807, 2.05) is 13.0 Å². The molecule has 0 aromatic carbocycles. The van der Waals surface area contributed by atoms with Crippen LogP contribution in [0, 0.1) is 0 Å². The van der Waals surface area contributed by atoms with E-state index in [0.29, 0.717) is 0 Å². The van der Waals surface area contributed by atoms with Crippen molar-refractivity contribution in [2.75, 3.05) is 0 Å². The summed E-state index contributed by atoms with van der Waals surface area (Å²) in [6.45, 7) is 6.99. The van der Waals surface area contributed by atoms with Crippen LogP contribution in [-0.2, 0) is 9.53 Å². The molecule has 0 rings (SSSR count). The summed E-state index contributed by atoms with van der Waals surface area (Å²) in [6, 6.07) is 0. The number of rotatable bonds is 5. The van der Waals surface area contributed by atoms with Crippen molar-refractivity contribution in [1.82, 2.24) is 0 Å². The van der Waals surface area contributed by atoms with Gasteiger partial charge in [0.25, 0.3) is 0 Å². The van der Waals surface area contributed by atoms with E-state index in [-0.39, 0.29) is 5.57 Å². The van der Waals surface area contributed by atoms with Crippen LogP contribution in [0.3, 0.4) is 0 Å². The third kappa shape index (κ3) is 3.81. The first kappa shape index (κ1) is 10.8. The van der Waals surface area contributed by atoms with Crippen LogP contribution >= 0.6 is 0 Å². The number of ether oxygens (including phenoxy) is 1. The van der Waals surface area contributed by atoms with E-state index in [0.717, 1.165) is 6.42 Å². The molecule has 0 aliphatic heterocycles. The predicted molar refractivity (Wildman–Crippen MR) is 46.8 cm³/mol. The van der Waals surface area contributed by atoms with Crippen molar-refractivity contribution < 1.29 is 14.6 Å². The number of allylic oxidation sites excluding steroid dienone is 1. The summed E-state index contributed by atoms with van der Waals surface area (Å²) in [5.41, 5.74) is 0.0655.